The molecular weight excluding hydrogens is 396 g/mol. The molecule has 3 aromatic heterocycles. The molecule has 1 N–H and O–H groups in total. The monoisotopic (exact) mass is 420 g/mol. The molecule has 1 spiro atoms. The van der Waals surface area contributed by atoms with Crippen LogP contribution in [0.1, 0.15) is 42.8 Å². The van der Waals surface area contributed by atoms with E-state index in [2.05, 4.69) is 25.5 Å². The molecule has 0 bridgehead atoms. The molecule has 2 aliphatic rings. The largest absolute Gasteiger partial charge is 0.342 e. The lowest BCUT2D eigenvalue weighted by atomic mass is 9.77. The Kier molecular flexibility index (Phi) is 4.84. The Labute approximate surface area is 178 Å². The van der Waals surface area contributed by atoms with Crippen LogP contribution in [0, 0.1) is 6.92 Å². The standard InChI is InChI=1S/C21H24N8O2/c1-14-25-26-27-29(14)11-6-17(30)28-10-3-7-21(13-28)8-5-16-18(21)23-19(24-20(16)31)15-4-2-9-22-12-15/h2,4,9,12H,3,5-8,10-11,13H2,1H3,(H,23,24,31). The van der Waals surface area contributed by atoms with E-state index in [1.807, 2.05) is 24.0 Å². The zero-order chi connectivity index (χ0) is 21.4. The average Bonchev–Trinajstić information content (AvgIpc) is 3.36. The zero-order valence-corrected chi connectivity index (χ0v) is 17.4. The Morgan fingerprint density at radius 3 is 3.00 bits per heavy atom. The maximum atomic E-state index is 13.0. The fraction of sp³-hybridized carbons (Fsp3) is 0.476. The third-order valence-corrected chi connectivity index (χ3v) is 6.48. The van der Waals surface area contributed by atoms with E-state index >= 15 is 0 Å². The zero-order valence-electron chi connectivity index (χ0n) is 17.4. The van der Waals surface area contributed by atoms with Gasteiger partial charge in [0.15, 0.2) is 0 Å². The predicted octanol–water partition coefficient (Wildman–Crippen LogP) is 1.02. The van der Waals surface area contributed by atoms with E-state index in [1.165, 1.54) is 0 Å². The molecule has 1 unspecified atom stereocenters. The summed E-state index contributed by atoms with van der Waals surface area (Å²) < 4.78 is 1.64. The molecule has 1 atom stereocenters. The molecule has 10 nitrogen and oxygen atoms in total. The van der Waals surface area contributed by atoms with Gasteiger partial charge in [0.1, 0.15) is 11.6 Å². The fourth-order valence-corrected chi connectivity index (χ4v) is 4.85. The van der Waals surface area contributed by atoms with Crippen LogP contribution in [-0.2, 0) is 23.2 Å². The lowest BCUT2D eigenvalue weighted by Crippen LogP contribution is -2.48. The van der Waals surface area contributed by atoms with Crippen LogP contribution in [0.3, 0.4) is 0 Å². The molecule has 5 rings (SSSR count). The van der Waals surface area contributed by atoms with Gasteiger partial charge < -0.3 is 9.88 Å². The first kappa shape index (κ1) is 19.5. The number of fused-ring (bicyclic) bond motifs is 2. The number of pyridine rings is 1. The highest BCUT2D eigenvalue weighted by atomic mass is 16.2. The van der Waals surface area contributed by atoms with Gasteiger partial charge in [-0.15, -0.1) is 5.10 Å². The molecule has 0 aromatic carbocycles. The van der Waals surface area contributed by atoms with Gasteiger partial charge in [-0.3, -0.25) is 14.6 Å². The third kappa shape index (κ3) is 3.51. The number of hydrogen-bond acceptors (Lipinski definition) is 7. The molecule has 0 radical (unpaired) electrons. The lowest BCUT2D eigenvalue weighted by Gasteiger charge is -2.40. The number of aromatic nitrogens is 7. The highest BCUT2D eigenvalue weighted by Crippen LogP contribution is 2.43. The van der Waals surface area contributed by atoms with Crippen molar-refractivity contribution in [3.63, 3.8) is 0 Å². The minimum absolute atomic E-state index is 0.0831. The molecule has 31 heavy (non-hydrogen) atoms. The first-order valence-corrected chi connectivity index (χ1v) is 10.6. The summed E-state index contributed by atoms with van der Waals surface area (Å²) in [4.78, 5) is 39.6. The van der Waals surface area contributed by atoms with Gasteiger partial charge in [0.25, 0.3) is 5.56 Å². The fourth-order valence-electron chi connectivity index (χ4n) is 4.85. The number of carbonyl (C=O) groups is 1. The van der Waals surface area contributed by atoms with E-state index in [-0.39, 0.29) is 16.9 Å². The van der Waals surface area contributed by atoms with Crippen molar-refractivity contribution in [1.29, 1.82) is 0 Å². The summed E-state index contributed by atoms with van der Waals surface area (Å²) in [5.41, 5.74) is 2.04. The summed E-state index contributed by atoms with van der Waals surface area (Å²) >= 11 is 0. The predicted molar refractivity (Wildman–Crippen MR) is 111 cm³/mol. The summed E-state index contributed by atoms with van der Waals surface area (Å²) in [5, 5.41) is 11.4. The second kappa shape index (κ2) is 7.68. The topological polar surface area (TPSA) is 123 Å². The van der Waals surface area contributed by atoms with Crippen molar-refractivity contribution < 1.29 is 4.79 Å². The van der Waals surface area contributed by atoms with Crippen molar-refractivity contribution in [2.45, 2.75) is 51.0 Å². The molecular formula is C21H24N8O2. The number of rotatable bonds is 4. The van der Waals surface area contributed by atoms with E-state index in [0.29, 0.717) is 37.6 Å². The van der Waals surface area contributed by atoms with Crippen molar-refractivity contribution in [3.05, 3.63) is 52.0 Å². The number of carbonyl (C=O) groups excluding carboxylic acids is 1. The van der Waals surface area contributed by atoms with Crippen molar-refractivity contribution in [2.24, 2.45) is 0 Å². The van der Waals surface area contributed by atoms with Crippen molar-refractivity contribution in [2.75, 3.05) is 13.1 Å². The SMILES string of the molecule is Cc1nnnn1CCC(=O)N1CCCC2(CCc3c2nc(-c2cccnc2)[nH]c3=O)C1. The van der Waals surface area contributed by atoms with E-state index in [0.717, 1.165) is 42.6 Å². The van der Waals surface area contributed by atoms with Crippen molar-refractivity contribution >= 4 is 5.91 Å². The number of nitrogens with zero attached hydrogens (tertiary/aromatic N) is 7. The molecule has 1 amide bonds. The van der Waals surface area contributed by atoms with Crippen LogP contribution in [0.4, 0.5) is 0 Å². The van der Waals surface area contributed by atoms with Crippen LogP contribution in [0.15, 0.2) is 29.3 Å². The van der Waals surface area contributed by atoms with Gasteiger partial charge in [-0.2, -0.15) is 0 Å². The number of piperidine rings is 1. The Morgan fingerprint density at radius 2 is 2.23 bits per heavy atom. The number of hydrogen-bond donors (Lipinski definition) is 1. The van der Waals surface area contributed by atoms with E-state index in [9.17, 15) is 9.59 Å². The van der Waals surface area contributed by atoms with Crippen molar-refractivity contribution in [3.8, 4) is 11.4 Å². The molecule has 1 fully saturated rings. The van der Waals surface area contributed by atoms with Crippen LogP contribution in [0.2, 0.25) is 0 Å². The maximum absolute atomic E-state index is 13.0. The molecule has 1 saturated heterocycles. The Balaban J connectivity index is 1.40. The summed E-state index contributed by atoms with van der Waals surface area (Å²) in [6.45, 7) is 3.60. The van der Waals surface area contributed by atoms with Gasteiger partial charge in [-0.05, 0) is 55.2 Å². The second-order valence-electron chi connectivity index (χ2n) is 8.38. The molecule has 3 aromatic rings. The van der Waals surface area contributed by atoms with Gasteiger partial charge >= 0.3 is 0 Å². The summed E-state index contributed by atoms with van der Waals surface area (Å²) in [7, 11) is 0. The van der Waals surface area contributed by atoms with Crippen LogP contribution >= 0.6 is 0 Å². The lowest BCUT2D eigenvalue weighted by molar-refractivity contribution is -0.133. The minimum atomic E-state index is -0.265. The van der Waals surface area contributed by atoms with Crippen LogP contribution in [0.5, 0.6) is 0 Å². The van der Waals surface area contributed by atoms with Crippen LogP contribution < -0.4 is 5.56 Å². The summed E-state index contributed by atoms with van der Waals surface area (Å²) in [6, 6.07) is 3.71. The van der Waals surface area contributed by atoms with Crippen molar-refractivity contribution in [1.82, 2.24) is 40.1 Å². The van der Waals surface area contributed by atoms with E-state index in [1.54, 1.807) is 17.1 Å². The number of aromatic amines is 1. The number of amides is 1. The molecule has 1 aliphatic carbocycles. The van der Waals surface area contributed by atoms with Gasteiger partial charge in [0, 0.05) is 48.4 Å². The number of nitrogens with one attached hydrogen (secondary N) is 1. The number of likely N-dealkylation sites (tertiary alicyclic amines) is 1. The average molecular weight is 420 g/mol. The number of tetrazole rings is 1. The smallest absolute Gasteiger partial charge is 0.254 e. The van der Waals surface area contributed by atoms with Gasteiger partial charge in [0.2, 0.25) is 5.91 Å². The minimum Gasteiger partial charge on any atom is -0.342 e. The Hall–Kier alpha value is -3.43. The first-order valence-electron chi connectivity index (χ1n) is 10.6. The van der Waals surface area contributed by atoms with Gasteiger partial charge in [-0.1, -0.05) is 0 Å². The summed E-state index contributed by atoms with van der Waals surface area (Å²) in [6.07, 6.45) is 7.09. The number of aryl methyl sites for hydroxylation is 2. The normalized spacial score (nSPS) is 20.2. The third-order valence-electron chi connectivity index (χ3n) is 6.48. The molecule has 10 heteroatoms. The number of H-pyrrole nitrogens is 1. The highest BCUT2D eigenvalue weighted by molar-refractivity contribution is 5.76. The first-order chi connectivity index (χ1) is 15.1. The van der Waals surface area contributed by atoms with Gasteiger partial charge in [0.05, 0.1) is 12.2 Å². The van der Waals surface area contributed by atoms with Gasteiger partial charge in [-0.25, -0.2) is 9.67 Å². The highest BCUT2D eigenvalue weighted by Gasteiger charge is 2.45. The van der Waals surface area contributed by atoms with Crippen LogP contribution in [0.25, 0.3) is 11.4 Å². The molecule has 1 aliphatic heterocycles. The van der Waals surface area contributed by atoms with E-state index < -0.39 is 0 Å². The second-order valence-corrected chi connectivity index (χ2v) is 8.38. The van der Waals surface area contributed by atoms with E-state index in [4.69, 9.17) is 4.98 Å². The quantitative estimate of drug-likeness (QED) is 0.668. The Bertz CT molecular complexity index is 1170. The molecule has 4 heterocycles. The van der Waals surface area contributed by atoms with Crippen LogP contribution in [-0.4, -0.2) is 59.1 Å². The molecule has 0 saturated carbocycles. The summed E-state index contributed by atoms with van der Waals surface area (Å²) in [5.74, 6) is 1.31. The maximum Gasteiger partial charge on any atom is 0.254 e. The Morgan fingerprint density at radius 1 is 1.32 bits per heavy atom. The molecule has 160 valence electrons.